The Kier molecular flexibility index (Phi) is 16.2. The number of nitrogens with zero attached hydrogens (tertiary/aromatic N) is 2. The van der Waals surface area contributed by atoms with Gasteiger partial charge < -0.3 is 16.7 Å². The van der Waals surface area contributed by atoms with Crippen LogP contribution in [-0.4, -0.2) is 0 Å². The van der Waals surface area contributed by atoms with E-state index >= 15 is 0 Å². The number of hydrogen-bond acceptors (Lipinski definition) is 1. The minimum absolute atomic E-state index is 0. The van der Waals surface area contributed by atoms with E-state index in [2.05, 4.69) is 52.6 Å². The predicted octanol–water partition coefficient (Wildman–Crippen LogP) is 3.59. The van der Waals surface area contributed by atoms with Crippen molar-refractivity contribution in [3.05, 3.63) is 86.1 Å². The molecule has 0 aliphatic heterocycles. The molecule has 0 bridgehead atoms. The van der Waals surface area contributed by atoms with Crippen molar-refractivity contribution in [3.63, 3.8) is 0 Å². The van der Waals surface area contributed by atoms with E-state index in [-0.39, 0.29) is 47.7 Å². The maximum atomic E-state index is 12.9. The summed E-state index contributed by atoms with van der Waals surface area (Å²) >= 11 is 9.48. The molecule has 0 saturated heterocycles. The Morgan fingerprint density at radius 1 is 0.917 bits per heavy atom. The van der Waals surface area contributed by atoms with E-state index in [1.54, 1.807) is 18.2 Å². The van der Waals surface area contributed by atoms with Crippen molar-refractivity contribution < 1.29 is 38.3 Å². The van der Waals surface area contributed by atoms with Crippen LogP contribution in [0.3, 0.4) is 0 Å². The van der Waals surface area contributed by atoms with Crippen LogP contribution in [0.5, 0.6) is 0 Å². The zero-order valence-corrected chi connectivity index (χ0v) is 19.4. The molecule has 2 nitrogen and oxygen atoms in total. The van der Waals surface area contributed by atoms with Crippen molar-refractivity contribution in [1.29, 1.82) is 5.26 Å². The molecule has 24 heavy (non-hydrogen) atoms. The summed E-state index contributed by atoms with van der Waals surface area (Å²) in [6.07, 6.45) is 0. The van der Waals surface area contributed by atoms with Crippen LogP contribution >= 0.6 is 47.8 Å². The van der Waals surface area contributed by atoms with Crippen molar-refractivity contribution in [2.75, 3.05) is 0 Å². The Balaban J connectivity index is 0. The van der Waals surface area contributed by atoms with Crippen molar-refractivity contribution in [1.82, 2.24) is 0 Å². The van der Waals surface area contributed by atoms with Crippen LogP contribution in [0.2, 0.25) is 0 Å². The van der Waals surface area contributed by atoms with Crippen LogP contribution in [-0.2, 0) is 11.9 Å². The number of hydrogen-bond donors (Lipinski definition) is 0. The van der Waals surface area contributed by atoms with Gasteiger partial charge in [0.25, 0.3) is 0 Å². The van der Waals surface area contributed by atoms with Gasteiger partial charge in [0.1, 0.15) is 11.6 Å². The first kappa shape index (κ1) is 26.0. The molecule has 2 aromatic rings. The van der Waals surface area contributed by atoms with Crippen molar-refractivity contribution in [2.45, 2.75) is 11.9 Å². The van der Waals surface area contributed by atoms with Crippen LogP contribution in [0.15, 0.2) is 45.3 Å². The van der Waals surface area contributed by atoms with Gasteiger partial charge in [-0.3, -0.25) is 0 Å². The number of halogens is 5. The molecule has 0 aliphatic carbocycles. The molecule has 2 rings (SSSR count). The summed E-state index contributed by atoms with van der Waals surface area (Å²) in [7, 11) is 0. The van der Waals surface area contributed by atoms with Gasteiger partial charge in [0.15, 0.2) is 0 Å². The van der Waals surface area contributed by atoms with Crippen molar-refractivity contribution >= 4 is 47.8 Å². The zero-order valence-electron chi connectivity index (χ0n) is 12.7. The second-order valence-corrected chi connectivity index (χ2v) is 6.31. The minimum atomic E-state index is -0.324. The number of benzene rings is 2. The molecule has 0 radical (unpaired) electrons. The van der Waals surface area contributed by atoms with Gasteiger partial charge in [-0.2, -0.15) is 0 Å². The smallest absolute Gasteiger partial charge is 0.512 e. The standard InChI is InChI=1S/C8H5BrFN.C7H5Br2F.CN.Na/c1-11-5-6-2-3-7(9)4-8(6)10;8-4-5-1-2-6(9)3-7(5)10;1-2;/h2-4H,5H2;1-3H,4H2;;/q;;-1;+1. The molecular weight excluding hydrogens is 521 g/mol. The maximum absolute atomic E-state index is 12.9. The number of alkyl halides is 1. The van der Waals surface area contributed by atoms with Crippen LogP contribution in [0.4, 0.5) is 8.78 Å². The van der Waals surface area contributed by atoms with Gasteiger partial charge in [-0.1, -0.05) is 53.9 Å². The Hall–Kier alpha value is -0.280. The van der Waals surface area contributed by atoms with E-state index in [1.165, 1.54) is 12.1 Å². The Morgan fingerprint density at radius 2 is 1.33 bits per heavy atom. The summed E-state index contributed by atoms with van der Waals surface area (Å²) in [5, 5.41) is 6.81. The Morgan fingerprint density at radius 3 is 1.67 bits per heavy atom. The Bertz CT molecular complexity index is 703. The van der Waals surface area contributed by atoms with E-state index < -0.39 is 0 Å². The second-order valence-electron chi connectivity index (χ2n) is 3.92. The number of rotatable bonds is 2. The summed E-state index contributed by atoms with van der Waals surface area (Å²) in [6, 6.07) is 9.71. The average Bonchev–Trinajstić information content (AvgIpc) is 2.53. The third-order valence-electron chi connectivity index (χ3n) is 2.42. The molecule has 0 N–H and O–H groups in total. The normalized spacial score (nSPS) is 8.42. The SMILES string of the molecule is Fc1cc(Br)ccc1CBr.[C-]#N.[C-]#[N+]Cc1ccc(Br)cc1F.[Na+]. The van der Waals surface area contributed by atoms with Gasteiger partial charge >= 0.3 is 29.6 Å². The molecule has 0 heterocycles. The molecule has 2 aromatic carbocycles. The fraction of sp³-hybridized carbons (Fsp3) is 0.125. The zero-order chi connectivity index (χ0) is 17.8. The third kappa shape index (κ3) is 9.88. The van der Waals surface area contributed by atoms with Crippen LogP contribution in [0.25, 0.3) is 4.85 Å². The van der Waals surface area contributed by atoms with Crippen molar-refractivity contribution in [3.8, 4) is 0 Å². The molecule has 0 amide bonds. The fourth-order valence-electron chi connectivity index (χ4n) is 1.37. The predicted molar refractivity (Wildman–Crippen MR) is 96.1 cm³/mol. The van der Waals surface area contributed by atoms with Gasteiger partial charge in [-0.05, 0) is 35.9 Å². The largest absolute Gasteiger partial charge is 1.00 e. The van der Waals surface area contributed by atoms with E-state index in [0.717, 1.165) is 4.47 Å². The molecule has 0 aromatic heterocycles. The monoisotopic (exact) mass is 528 g/mol. The molecule has 0 atom stereocenters. The quantitative estimate of drug-likeness (QED) is 0.331. The Labute approximate surface area is 187 Å². The summed E-state index contributed by atoms with van der Waals surface area (Å²) in [5.41, 5.74) is 1.13. The first-order valence-electron chi connectivity index (χ1n) is 5.97. The molecule has 0 saturated carbocycles. The summed E-state index contributed by atoms with van der Waals surface area (Å²) < 4.78 is 27.1. The molecule has 120 valence electrons. The van der Waals surface area contributed by atoms with Gasteiger partial charge in [0, 0.05) is 14.3 Å². The van der Waals surface area contributed by atoms with Crippen LogP contribution in [0.1, 0.15) is 11.1 Å². The van der Waals surface area contributed by atoms with Gasteiger partial charge in [-0.25, -0.2) is 15.4 Å². The molecule has 0 spiro atoms. The average molecular weight is 531 g/mol. The molecule has 0 fully saturated rings. The topological polar surface area (TPSA) is 28.1 Å². The second kappa shape index (κ2) is 15.0. The van der Waals surface area contributed by atoms with Gasteiger partial charge in [0.2, 0.25) is 6.54 Å². The van der Waals surface area contributed by atoms with Gasteiger partial charge in [0.05, 0.1) is 5.56 Å². The summed E-state index contributed by atoms with van der Waals surface area (Å²) in [6.45, 7) is 11.4. The van der Waals surface area contributed by atoms with E-state index in [9.17, 15) is 8.78 Å². The first-order valence-corrected chi connectivity index (χ1v) is 8.68. The molecule has 0 unspecified atom stereocenters. The molecule has 0 aliphatic rings. The molecular formula is C16H10Br3F2N2Na. The molecule has 8 heteroatoms. The van der Waals surface area contributed by atoms with E-state index in [1.807, 2.05) is 6.07 Å². The van der Waals surface area contributed by atoms with E-state index in [0.29, 0.717) is 20.9 Å². The van der Waals surface area contributed by atoms with Gasteiger partial charge in [-0.15, -0.1) is 0 Å². The van der Waals surface area contributed by atoms with Crippen LogP contribution in [0, 0.1) is 30.0 Å². The maximum Gasteiger partial charge on any atom is 1.00 e. The first-order chi connectivity index (χ1) is 11.0. The minimum Gasteiger partial charge on any atom is -0.512 e. The summed E-state index contributed by atoms with van der Waals surface area (Å²) in [4.78, 5) is 3.09. The van der Waals surface area contributed by atoms with Crippen LogP contribution < -0.4 is 29.6 Å². The fourth-order valence-corrected chi connectivity index (χ4v) is 2.49. The third-order valence-corrected chi connectivity index (χ3v) is 4.01. The van der Waals surface area contributed by atoms with E-state index in [4.69, 9.17) is 18.4 Å². The van der Waals surface area contributed by atoms with Crippen molar-refractivity contribution in [2.24, 2.45) is 0 Å². The summed E-state index contributed by atoms with van der Waals surface area (Å²) in [5.74, 6) is -0.498.